The third-order valence-electron chi connectivity index (χ3n) is 4.30. The molecule has 0 N–H and O–H groups in total. The Labute approximate surface area is 165 Å². The molecule has 138 valence electrons. The molecule has 0 bridgehead atoms. The topological polar surface area (TPSA) is 54.0 Å². The number of hydrogen-bond donors (Lipinski definition) is 0. The molecule has 0 fully saturated rings. The Balaban J connectivity index is 2.38. The van der Waals surface area contributed by atoms with Gasteiger partial charge in [0, 0.05) is 11.1 Å². The fourth-order valence-corrected chi connectivity index (χ4v) is 3.82. The van der Waals surface area contributed by atoms with Gasteiger partial charge in [0.05, 0.1) is 24.3 Å². The van der Waals surface area contributed by atoms with Crippen LogP contribution in [0.15, 0.2) is 0 Å². The van der Waals surface area contributed by atoms with Crippen molar-refractivity contribution in [3.05, 3.63) is 37.3 Å². The Morgan fingerprint density at radius 1 is 0.692 bits per heavy atom. The predicted molar refractivity (Wildman–Crippen MR) is 100 cm³/mol. The number of ether oxygens (including phenoxy) is 4. The molecule has 0 spiro atoms. The highest BCUT2D eigenvalue weighted by atomic mass is 35.5. The lowest BCUT2D eigenvalue weighted by Gasteiger charge is -2.18. The van der Waals surface area contributed by atoms with Crippen LogP contribution in [0.2, 0.25) is 15.1 Å². The molecule has 0 radical (unpaired) electrons. The average molecular weight is 418 g/mol. The van der Waals surface area contributed by atoms with E-state index in [-0.39, 0.29) is 38.6 Å². The summed E-state index contributed by atoms with van der Waals surface area (Å²) in [5.74, 6) is 0.590. The second kappa shape index (κ2) is 6.72. The third-order valence-corrected chi connectivity index (χ3v) is 5.55. The number of carbonyl (C=O) groups excluding carboxylic acids is 1. The van der Waals surface area contributed by atoms with Crippen molar-refractivity contribution < 1.29 is 23.7 Å². The van der Waals surface area contributed by atoms with E-state index >= 15 is 0 Å². The first-order valence-corrected chi connectivity index (χ1v) is 8.70. The highest BCUT2D eigenvalue weighted by molar-refractivity contribution is 6.39. The molecule has 1 aliphatic heterocycles. The largest absolute Gasteiger partial charge is 0.495 e. The fourth-order valence-electron chi connectivity index (χ4n) is 2.89. The minimum absolute atomic E-state index is 0.0758. The van der Waals surface area contributed by atoms with Gasteiger partial charge in [-0.15, -0.1) is 0 Å². The molecule has 0 unspecified atom stereocenters. The van der Waals surface area contributed by atoms with Crippen molar-refractivity contribution in [1.29, 1.82) is 0 Å². The first-order valence-electron chi connectivity index (χ1n) is 7.56. The van der Waals surface area contributed by atoms with E-state index in [2.05, 4.69) is 0 Å². The van der Waals surface area contributed by atoms with E-state index in [0.717, 1.165) is 0 Å². The SMILES string of the molecule is COc1c(C)c2c(c(C)c1Cl)Oc1c(Cl)c(OC)c(Cl)c(C)c1C(=O)O2. The van der Waals surface area contributed by atoms with Gasteiger partial charge >= 0.3 is 5.97 Å². The lowest BCUT2D eigenvalue weighted by Crippen LogP contribution is -2.11. The highest BCUT2D eigenvalue weighted by Gasteiger charge is 2.34. The van der Waals surface area contributed by atoms with Crippen molar-refractivity contribution >= 4 is 40.8 Å². The molecule has 0 aromatic heterocycles. The number of esters is 1. The van der Waals surface area contributed by atoms with E-state index in [1.54, 1.807) is 20.8 Å². The fraction of sp³-hybridized carbons (Fsp3) is 0.278. The molecule has 1 aliphatic rings. The Kier molecular flexibility index (Phi) is 4.90. The Morgan fingerprint density at radius 2 is 1.23 bits per heavy atom. The van der Waals surface area contributed by atoms with E-state index in [1.165, 1.54) is 14.2 Å². The Bertz CT molecular complexity index is 953. The van der Waals surface area contributed by atoms with Gasteiger partial charge in [0.15, 0.2) is 23.0 Å². The van der Waals surface area contributed by atoms with Crippen LogP contribution in [0.3, 0.4) is 0 Å². The maximum absolute atomic E-state index is 12.8. The Hall–Kier alpha value is -1.82. The van der Waals surface area contributed by atoms with Crippen LogP contribution >= 0.6 is 34.8 Å². The monoisotopic (exact) mass is 416 g/mol. The van der Waals surface area contributed by atoms with Crippen molar-refractivity contribution in [3.8, 4) is 28.7 Å². The quantitative estimate of drug-likeness (QED) is 0.449. The zero-order chi connectivity index (χ0) is 19.3. The molecule has 2 aromatic rings. The smallest absolute Gasteiger partial charge is 0.347 e. The molecular weight excluding hydrogens is 403 g/mol. The zero-order valence-corrected chi connectivity index (χ0v) is 16.9. The van der Waals surface area contributed by atoms with Gasteiger partial charge in [-0.2, -0.15) is 0 Å². The highest BCUT2D eigenvalue weighted by Crippen LogP contribution is 2.53. The summed E-state index contributed by atoms with van der Waals surface area (Å²) in [7, 11) is 2.92. The van der Waals surface area contributed by atoms with Gasteiger partial charge in [-0.25, -0.2) is 4.79 Å². The minimum Gasteiger partial charge on any atom is -0.495 e. The van der Waals surface area contributed by atoms with Crippen molar-refractivity contribution in [3.63, 3.8) is 0 Å². The van der Waals surface area contributed by atoms with E-state index in [1.807, 2.05) is 0 Å². The number of hydrogen-bond acceptors (Lipinski definition) is 5. The predicted octanol–water partition coefficient (Wildman–Crippen LogP) is 5.91. The first kappa shape index (κ1) is 19.0. The maximum Gasteiger partial charge on any atom is 0.347 e. The molecule has 0 aliphatic carbocycles. The molecule has 0 atom stereocenters. The van der Waals surface area contributed by atoms with Crippen LogP contribution in [-0.2, 0) is 0 Å². The van der Waals surface area contributed by atoms with E-state index in [4.69, 9.17) is 53.8 Å². The van der Waals surface area contributed by atoms with Gasteiger partial charge in [-0.1, -0.05) is 34.8 Å². The molecule has 0 amide bonds. The van der Waals surface area contributed by atoms with Crippen LogP contribution in [-0.4, -0.2) is 20.2 Å². The molecule has 26 heavy (non-hydrogen) atoms. The second-order valence-corrected chi connectivity index (χ2v) is 6.87. The Morgan fingerprint density at radius 3 is 1.81 bits per heavy atom. The van der Waals surface area contributed by atoms with E-state index < -0.39 is 5.97 Å². The molecule has 3 rings (SSSR count). The molecule has 0 saturated heterocycles. The van der Waals surface area contributed by atoms with Gasteiger partial charge in [-0.3, -0.25) is 0 Å². The number of methoxy groups -OCH3 is 2. The summed E-state index contributed by atoms with van der Waals surface area (Å²) in [5, 5.41) is 0.649. The summed E-state index contributed by atoms with van der Waals surface area (Å²) in [6.45, 7) is 5.11. The minimum atomic E-state index is -0.644. The number of halogens is 3. The summed E-state index contributed by atoms with van der Waals surface area (Å²) in [6, 6.07) is 0. The molecule has 2 aromatic carbocycles. The maximum atomic E-state index is 12.8. The van der Waals surface area contributed by atoms with Crippen LogP contribution in [0.1, 0.15) is 27.0 Å². The van der Waals surface area contributed by atoms with Gasteiger partial charge in [-0.05, 0) is 26.3 Å². The van der Waals surface area contributed by atoms with Gasteiger partial charge < -0.3 is 18.9 Å². The second-order valence-electron chi connectivity index (χ2n) is 5.74. The standard InChI is InChI=1S/C18H15Cl3O5/c1-6-9-16(12(21)17(24-5)10(6)19)25-14-7(2)11(20)13(23-4)8(3)15(14)26-18(9)22/h1-5H3. The number of rotatable bonds is 2. The molecule has 1 heterocycles. The average Bonchev–Trinajstić information content (AvgIpc) is 2.76. The van der Waals surface area contributed by atoms with Crippen LogP contribution in [0.5, 0.6) is 28.7 Å². The zero-order valence-electron chi connectivity index (χ0n) is 14.7. The van der Waals surface area contributed by atoms with Crippen molar-refractivity contribution in [2.45, 2.75) is 20.8 Å². The van der Waals surface area contributed by atoms with Gasteiger partial charge in [0.2, 0.25) is 0 Å². The summed E-state index contributed by atoms with van der Waals surface area (Å²) in [5.41, 5.74) is 1.65. The van der Waals surface area contributed by atoms with E-state index in [9.17, 15) is 4.79 Å². The lowest BCUT2D eigenvalue weighted by molar-refractivity contribution is 0.0735. The summed E-state index contributed by atoms with van der Waals surface area (Å²) < 4.78 is 22.2. The molecule has 8 heteroatoms. The van der Waals surface area contributed by atoms with Gasteiger partial charge in [0.1, 0.15) is 16.3 Å². The normalized spacial score (nSPS) is 12.5. The van der Waals surface area contributed by atoms with Crippen molar-refractivity contribution in [1.82, 2.24) is 0 Å². The summed E-state index contributed by atoms with van der Waals surface area (Å²) in [4.78, 5) is 12.8. The van der Waals surface area contributed by atoms with Crippen LogP contribution in [0.25, 0.3) is 0 Å². The molecule has 0 saturated carbocycles. The number of benzene rings is 2. The number of carbonyl (C=O) groups is 1. The summed E-state index contributed by atoms with van der Waals surface area (Å²) in [6.07, 6.45) is 0. The first-order chi connectivity index (χ1) is 12.2. The lowest BCUT2D eigenvalue weighted by atomic mass is 10.1. The van der Waals surface area contributed by atoms with Gasteiger partial charge in [0.25, 0.3) is 0 Å². The third kappa shape index (κ3) is 2.57. The number of fused-ring (bicyclic) bond motifs is 2. The molecular formula is C18H15Cl3O5. The summed E-state index contributed by atoms with van der Waals surface area (Å²) >= 11 is 19.1. The van der Waals surface area contributed by atoms with Crippen molar-refractivity contribution in [2.75, 3.05) is 14.2 Å². The van der Waals surface area contributed by atoms with E-state index in [0.29, 0.717) is 27.5 Å². The van der Waals surface area contributed by atoms with Crippen LogP contribution in [0, 0.1) is 20.8 Å². The van der Waals surface area contributed by atoms with Crippen molar-refractivity contribution in [2.24, 2.45) is 0 Å². The van der Waals surface area contributed by atoms with Crippen LogP contribution in [0.4, 0.5) is 0 Å². The molecule has 5 nitrogen and oxygen atoms in total. The van der Waals surface area contributed by atoms with Crippen LogP contribution < -0.4 is 18.9 Å².